The highest BCUT2D eigenvalue weighted by Gasteiger charge is 2.24. The molecule has 58 valence electrons. The smallest absolute Gasteiger partial charge is 0.107 e. The maximum atomic E-state index is 9.76. The van der Waals surface area contributed by atoms with Crippen LogP contribution in [0.2, 0.25) is 0 Å². The van der Waals surface area contributed by atoms with Gasteiger partial charge in [0.05, 0.1) is 18.8 Å². The van der Waals surface area contributed by atoms with Crippen LogP contribution in [0.3, 0.4) is 0 Å². The highest BCUT2D eigenvalue weighted by Crippen LogP contribution is 2.18. The Hall–Kier alpha value is -0.480. The molecule has 1 aliphatic heterocycles. The summed E-state index contributed by atoms with van der Waals surface area (Å²) >= 11 is 0. The predicted octanol–water partition coefficient (Wildman–Crippen LogP) is 0.293. The van der Waals surface area contributed by atoms with Crippen molar-refractivity contribution in [1.82, 2.24) is 0 Å². The average Bonchev–Trinajstić information content (AvgIpc) is 2.37. The second kappa shape index (κ2) is 3.63. The van der Waals surface area contributed by atoms with Crippen molar-refractivity contribution in [3.63, 3.8) is 0 Å². The van der Waals surface area contributed by atoms with Crippen LogP contribution in [0.1, 0.15) is 12.8 Å². The molecule has 1 heterocycles. The van der Waals surface area contributed by atoms with Crippen LogP contribution in [0, 0.1) is 4.91 Å². The van der Waals surface area contributed by atoms with E-state index in [9.17, 15) is 4.91 Å². The predicted molar refractivity (Wildman–Crippen MR) is 35.6 cm³/mol. The lowest BCUT2D eigenvalue weighted by atomic mass is 10.2. The third kappa shape index (κ3) is 1.75. The van der Waals surface area contributed by atoms with Gasteiger partial charge in [-0.05, 0) is 12.8 Å². The molecule has 2 unspecified atom stereocenters. The largest absolute Gasteiger partial charge is 0.394 e. The molecule has 0 amide bonds. The van der Waals surface area contributed by atoms with Gasteiger partial charge in [-0.3, -0.25) is 0 Å². The number of nitroso groups, excluding NO2 is 1. The van der Waals surface area contributed by atoms with Gasteiger partial charge in [0.25, 0.3) is 0 Å². The van der Waals surface area contributed by atoms with Gasteiger partial charge >= 0.3 is 0 Å². The summed E-state index contributed by atoms with van der Waals surface area (Å²) in [6.07, 6.45) is 1.58. The van der Waals surface area contributed by atoms with Gasteiger partial charge in [0.15, 0.2) is 0 Å². The Balaban J connectivity index is 2.21. The first-order valence-corrected chi connectivity index (χ1v) is 3.42. The lowest BCUT2D eigenvalue weighted by Crippen LogP contribution is -2.16. The van der Waals surface area contributed by atoms with E-state index in [0.717, 1.165) is 12.8 Å². The fourth-order valence-electron chi connectivity index (χ4n) is 1.13. The highest BCUT2D eigenvalue weighted by molar-refractivity contribution is 4.74. The van der Waals surface area contributed by atoms with E-state index >= 15 is 0 Å². The zero-order valence-corrected chi connectivity index (χ0v) is 5.69. The number of rotatable bonds is 3. The Labute approximate surface area is 59.2 Å². The summed E-state index contributed by atoms with van der Waals surface area (Å²) in [5.74, 6) is 0. The molecule has 0 saturated carbocycles. The third-order valence-electron chi connectivity index (χ3n) is 1.68. The molecule has 0 aromatic rings. The summed E-state index contributed by atoms with van der Waals surface area (Å²) < 4.78 is 5.21. The SMILES string of the molecule is O=NCC1CCC(CO)O1. The van der Waals surface area contributed by atoms with E-state index in [2.05, 4.69) is 5.18 Å². The number of hydrogen-bond acceptors (Lipinski definition) is 4. The Morgan fingerprint density at radius 3 is 2.70 bits per heavy atom. The standard InChI is InChI=1S/C6H11NO3/c8-4-6-2-1-5(10-6)3-7-9/h5-6,8H,1-4H2. The number of hydrogen-bond donors (Lipinski definition) is 1. The summed E-state index contributed by atoms with van der Waals surface area (Å²) in [6.45, 7) is 0.270. The average molecular weight is 145 g/mol. The Kier molecular flexibility index (Phi) is 2.77. The fourth-order valence-corrected chi connectivity index (χ4v) is 1.13. The van der Waals surface area contributed by atoms with E-state index in [1.165, 1.54) is 0 Å². The minimum absolute atomic E-state index is 0.0466. The summed E-state index contributed by atoms with van der Waals surface area (Å²) in [5, 5.41) is 11.3. The van der Waals surface area contributed by atoms with Gasteiger partial charge < -0.3 is 9.84 Å². The topological polar surface area (TPSA) is 58.9 Å². The molecule has 0 aliphatic carbocycles. The summed E-state index contributed by atoms with van der Waals surface area (Å²) in [6, 6.07) is 0. The first kappa shape index (κ1) is 7.63. The molecule has 0 spiro atoms. The molecule has 1 aliphatic rings. The molecule has 1 N–H and O–H groups in total. The molecule has 4 heteroatoms. The molecule has 1 rings (SSSR count). The fraction of sp³-hybridized carbons (Fsp3) is 1.00. The summed E-state index contributed by atoms with van der Waals surface area (Å²) in [5.41, 5.74) is 0. The van der Waals surface area contributed by atoms with E-state index in [4.69, 9.17) is 9.84 Å². The molecular weight excluding hydrogens is 134 g/mol. The van der Waals surface area contributed by atoms with Gasteiger partial charge in [-0.2, -0.15) is 4.91 Å². The normalized spacial score (nSPS) is 32.5. The third-order valence-corrected chi connectivity index (χ3v) is 1.68. The second-order valence-electron chi connectivity index (χ2n) is 2.45. The van der Waals surface area contributed by atoms with Gasteiger partial charge in [-0.1, -0.05) is 5.18 Å². The monoisotopic (exact) mass is 145 g/mol. The molecule has 0 bridgehead atoms. The van der Waals surface area contributed by atoms with Crippen LogP contribution >= 0.6 is 0 Å². The van der Waals surface area contributed by atoms with Crippen molar-refractivity contribution < 1.29 is 9.84 Å². The van der Waals surface area contributed by atoms with Crippen molar-refractivity contribution in [2.75, 3.05) is 13.2 Å². The quantitative estimate of drug-likeness (QED) is 0.581. The van der Waals surface area contributed by atoms with Gasteiger partial charge in [-0.25, -0.2) is 0 Å². The van der Waals surface area contributed by atoms with Crippen molar-refractivity contribution in [2.24, 2.45) is 5.18 Å². The van der Waals surface area contributed by atoms with Crippen LogP contribution in [0.5, 0.6) is 0 Å². The minimum atomic E-state index is -0.0632. The molecule has 1 saturated heterocycles. The summed E-state index contributed by atoms with van der Waals surface area (Å²) in [4.78, 5) is 9.76. The molecular formula is C6H11NO3. The van der Waals surface area contributed by atoms with Crippen molar-refractivity contribution in [2.45, 2.75) is 25.0 Å². The number of aliphatic hydroxyl groups excluding tert-OH is 1. The first-order chi connectivity index (χ1) is 4.86. The van der Waals surface area contributed by atoms with Gasteiger partial charge in [0.1, 0.15) is 6.54 Å². The molecule has 0 aromatic heterocycles. The molecule has 10 heavy (non-hydrogen) atoms. The zero-order valence-electron chi connectivity index (χ0n) is 5.69. The number of nitrogens with zero attached hydrogens (tertiary/aromatic N) is 1. The maximum Gasteiger partial charge on any atom is 0.107 e. The molecule has 2 atom stereocenters. The van der Waals surface area contributed by atoms with E-state index in [1.807, 2.05) is 0 Å². The van der Waals surface area contributed by atoms with Crippen LogP contribution in [0.15, 0.2) is 5.18 Å². The van der Waals surface area contributed by atoms with Crippen molar-refractivity contribution in [1.29, 1.82) is 0 Å². The second-order valence-corrected chi connectivity index (χ2v) is 2.45. The Bertz CT molecular complexity index is 118. The van der Waals surface area contributed by atoms with Gasteiger partial charge in [0.2, 0.25) is 0 Å². The summed E-state index contributed by atoms with van der Waals surface area (Å²) in [7, 11) is 0. The van der Waals surface area contributed by atoms with Crippen LogP contribution in [0.25, 0.3) is 0 Å². The Morgan fingerprint density at radius 2 is 2.20 bits per heavy atom. The Morgan fingerprint density at radius 1 is 1.50 bits per heavy atom. The van der Waals surface area contributed by atoms with E-state index < -0.39 is 0 Å². The molecule has 4 nitrogen and oxygen atoms in total. The van der Waals surface area contributed by atoms with E-state index in [-0.39, 0.29) is 25.4 Å². The first-order valence-electron chi connectivity index (χ1n) is 3.42. The van der Waals surface area contributed by atoms with Crippen molar-refractivity contribution in [3.05, 3.63) is 4.91 Å². The lowest BCUT2D eigenvalue weighted by molar-refractivity contribution is 0.0159. The minimum Gasteiger partial charge on any atom is -0.394 e. The van der Waals surface area contributed by atoms with Crippen LogP contribution in [0.4, 0.5) is 0 Å². The number of ether oxygens (including phenoxy) is 1. The molecule has 0 radical (unpaired) electrons. The van der Waals surface area contributed by atoms with Crippen LogP contribution < -0.4 is 0 Å². The van der Waals surface area contributed by atoms with E-state index in [1.54, 1.807) is 0 Å². The molecule has 1 fully saturated rings. The van der Waals surface area contributed by atoms with Gasteiger partial charge in [-0.15, -0.1) is 0 Å². The van der Waals surface area contributed by atoms with Crippen molar-refractivity contribution in [3.8, 4) is 0 Å². The zero-order chi connectivity index (χ0) is 7.40. The van der Waals surface area contributed by atoms with E-state index in [0.29, 0.717) is 0 Å². The lowest BCUT2D eigenvalue weighted by Gasteiger charge is -2.06. The number of aliphatic hydroxyl groups is 1. The maximum absolute atomic E-state index is 9.76. The van der Waals surface area contributed by atoms with Crippen LogP contribution in [-0.4, -0.2) is 30.5 Å². The highest BCUT2D eigenvalue weighted by atomic mass is 16.5. The van der Waals surface area contributed by atoms with Crippen LogP contribution in [-0.2, 0) is 4.74 Å². The van der Waals surface area contributed by atoms with Crippen molar-refractivity contribution >= 4 is 0 Å². The molecule has 0 aromatic carbocycles. The van der Waals surface area contributed by atoms with Gasteiger partial charge in [0, 0.05) is 0 Å².